The van der Waals surface area contributed by atoms with Gasteiger partial charge < -0.3 is 10.2 Å². The number of amidine groups is 1. The van der Waals surface area contributed by atoms with Crippen molar-refractivity contribution in [3.05, 3.63) is 28.2 Å². The molecule has 0 aromatic heterocycles. The third-order valence-electron chi connectivity index (χ3n) is 2.76. The first-order valence-corrected chi connectivity index (χ1v) is 6.37. The number of rotatable bonds is 1. The van der Waals surface area contributed by atoms with Gasteiger partial charge >= 0.3 is 6.03 Å². The minimum atomic E-state index is -0.450. The van der Waals surface area contributed by atoms with Gasteiger partial charge in [0.15, 0.2) is 0 Å². The van der Waals surface area contributed by atoms with Gasteiger partial charge in [-0.05, 0) is 18.6 Å². The van der Waals surface area contributed by atoms with Crippen molar-refractivity contribution in [1.82, 2.24) is 4.90 Å². The SMILES string of the molecule is CN1CCC/C1=N/C(=O)Nc1c(Cl)cccc1Cl. The molecular formula is C12H13Cl2N3O. The molecule has 0 saturated carbocycles. The molecule has 0 spiro atoms. The van der Waals surface area contributed by atoms with E-state index in [2.05, 4.69) is 10.3 Å². The molecule has 1 aliphatic heterocycles. The molecule has 4 nitrogen and oxygen atoms in total. The molecule has 2 rings (SSSR count). The van der Waals surface area contributed by atoms with Crippen LogP contribution in [0.3, 0.4) is 0 Å². The summed E-state index contributed by atoms with van der Waals surface area (Å²) in [6.45, 7) is 0.930. The Morgan fingerprint density at radius 1 is 1.39 bits per heavy atom. The highest BCUT2D eigenvalue weighted by molar-refractivity contribution is 6.39. The Morgan fingerprint density at radius 3 is 2.61 bits per heavy atom. The number of anilines is 1. The van der Waals surface area contributed by atoms with E-state index in [-0.39, 0.29) is 0 Å². The summed E-state index contributed by atoms with van der Waals surface area (Å²) < 4.78 is 0. The van der Waals surface area contributed by atoms with Crippen LogP contribution in [0.1, 0.15) is 12.8 Å². The summed E-state index contributed by atoms with van der Waals surface area (Å²) in [4.78, 5) is 17.8. The van der Waals surface area contributed by atoms with Gasteiger partial charge in [0.25, 0.3) is 0 Å². The molecule has 0 unspecified atom stereocenters. The highest BCUT2D eigenvalue weighted by Gasteiger charge is 2.16. The predicted molar refractivity (Wildman–Crippen MR) is 74.8 cm³/mol. The van der Waals surface area contributed by atoms with Crippen LogP contribution in [0, 0.1) is 0 Å². The molecule has 1 aromatic carbocycles. The second kappa shape index (κ2) is 5.59. The summed E-state index contributed by atoms with van der Waals surface area (Å²) in [5.74, 6) is 0.788. The number of aliphatic imine (C=N–C) groups is 1. The van der Waals surface area contributed by atoms with Gasteiger partial charge in [0.2, 0.25) is 0 Å². The number of para-hydroxylation sites is 1. The molecule has 1 fully saturated rings. The zero-order valence-electron chi connectivity index (χ0n) is 9.91. The van der Waals surface area contributed by atoms with E-state index >= 15 is 0 Å². The summed E-state index contributed by atoms with van der Waals surface area (Å²) in [5, 5.41) is 3.41. The molecule has 0 atom stereocenters. The number of hydrogen-bond acceptors (Lipinski definition) is 1. The summed E-state index contributed by atoms with van der Waals surface area (Å²) in [5.41, 5.74) is 0.399. The first-order chi connectivity index (χ1) is 8.58. The van der Waals surface area contributed by atoms with E-state index in [1.165, 1.54) is 0 Å². The molecule has 6 heteroatoms. The molecule has 1 aliphatic rings. The van der Waals surface area contributed by atoms with Gasteiger partial charge in [0, 0.05) is 20.0 Å². The second-order valence-corrected chi connectivity index (χ2v) is 4.89. The minimum Gasteiger partial charge on any atom is -0.363 e. The van der Waals surface area contributed by atoms with Crippen LogP contribution in [0.15, 0.2) is 23.2 Å². The number of carbonyl (C=O) groups excluding carboxylic acids is 1. The fourth-order valence-electron chi connectivity index (χ4n) is 1.80. The fraction of sp³-hybridized carbons (Fsp3) is 0.333. The van der Waals surface area contributed by atoms with Crippen LogP contribution in [0.4, 0.5) is 10.5 Å². The largest absolute Gasteiger partial charge is 0.363 e. The lowest BCUT2D eigenvalue weighted by atomic mass is 10.3. The highest BCUT2D eigenvalue weighted by Crippen LogP contribution is 2.29. The number of nitrogens with one attached hydrogen (secondary N) is 1. The Labute approximate surface area is 116 Å². The van der Waals surface area contributed by atoms with E-state index in [1.807, 2.05) is 11.9 Å². The summed E-state index contributed by atoms with van der Waals surface area (Å²) >= 11 is 11.9. The normalized spacial score (nSPS) is 17.3. The number of likely N-dealkylation sites (tertiary alicyclic amines) is 1. The number of amides is 2. The lowest BCUT2D eigenvalue weighted by molar-refractivity contribution is 0.259. The fourth-order valence-corrected chi connectivity index (χ4v) is 2.30. The number of halogens is 2. The number of urea groups is 1. The van der Waals surface area contributed by atoms with E-state index in [0.717, 1.165) is 25.2 Å². The van der Waals surface area contributed by atoms with Crippen molar-refractivity contribution in [2.24, 2.45) is 4.99 Å². The minimum absolute atomic E-state index is 0.399. The Kier molecular flexibility index (Phi) is 4.09. The third kappa shape index (κ3) is 2.94. The molecular weight excluding hydrogens is 273 g/mol. The molecule has 18 heavy (non-hydrogen) atoms. The van der Waals surface area contributed by atoms with Crippen molar-refractivity contribution in [3.63, 3.8) is 0 Å². The van der Waals surface area contributed by atoms with E-state index in [0.29, 0.717) is 15.7 Å². The van der Waals surface area contributed by atoms with E-state index in [4.69, 9.17) is 23.2 Å². The van der Waals surface area contributed by atoms with Crippen molar-refractivity contribution in [2.45, 2.75) is 12.8 Å². The smallest absolute Gasteiger partial charge is 0.347 e. The van der Waals surface area contributed by atoms with E-state index in [9.17, 15) is 4.79 Å². The number of hydrogen-bond donors (Lipinski definition) is 1. The van der Waals surface area contributed by atoms with Crippen LogP contribution in [0.25, 0.3) is 0 Å². The van der Waals surface area contributed by atoms with Gasteiger partial charge in [-0.2, -0.15) is 4.99 Å². The Hall–Kier alpha value is -1.26. The number of nitrogens with zero attached hydrogens (tertiary/aromatic N) is 2. The van der Waals surface area contributed by atoms with E-state index in [1.54, 1.807) is 18.2 Å². The van der Waals surface area contributed by atoms with Crippen molar-refractivity contribution in [2.75, 3.05) is 18.9 Å². The zero-order valence-corrected chi connectivity index (χ0v) is 11.4. The molecule has 96 valence electrons. The second-order valence-electron chi connectivity index (χ2n) is 4.08. The molecule has 1 aromatic rings. The summed E-state index contributed by atoms with van der Waals surface area (Å²) in [7, 11) is 1.92. The van der Waals surface area contributed by atoms with Crippen molar-refractivity contribution in [3.8, 4) is 0 Å². The molecule has 1 saturated heterocycles. The van der Waals surface area contributed by atoms with E-state index < -0.39 is 6.03 Å². The first kappa shape index (κ1) is 13.2. The van der Waals surface area contributed by atoms with Crippen LogP contribution in [0.5, 0.6) is 0 Å². The lowest BCUT2D eigenvalue weighted by Crippen LogP contribution is -2.21. The maximum atomic E-state index is 11.8. The summed E-state index contributed by atoms with van der Waals surface area (Å²) in [6, 6.07) is 4.60. The van der Waals surface area contributed by atoms with Crippen molar-refractivity contribution < 1.29 is 4.79 Å². The maximum absolute atomic E-state index is 11.8. The standard InChI is InChI=1S/C12H13Cl2N3O/c1-17-7-3-6-10(17)15-12(18)16-11-8(13)4-2-5-9(11)14/h2,4-5H,3,6-7H2,1H3,(H,16,18)/b15-10-. The van der Waals surface area contributed by atoms with Crippen LogP contribution in [-0.2, 0) is 0 Å². The molecule has 0 aliphatic carbocycles. The monoisotopic (exact) mass is 285 g/mol. The van der Waals surface area contributed by atoms with Crippen LogP contribution < -0.4 is 5.32 Å². The van der Waals surface area contributed by atoms with Crippen LogP contribution in [0.2, 0.25) is 10.0 Å². The Balaban J connectivity index is 2.12. The van der Waals surface area contributed by atoms with Crippen molar-refractivity contribution in [1.29, 1.82) is 0 Å². The molecule has 2 amide bonds. The van der Waals surface area contributed by atoms with Gasteiger partial charge in [0.05, 0.1) is 15.7 Å². The lowest BCUT2D eigenvalue weighted by Gasteiger charge is -2.11. The number of benzene rings is 1. The topological polar surface area (TPSA) is 44.7 Å². The van der Waals surface area contributed by atoms with Gasteiger partial charge in [-0.1, -0.05) is 29.3 Å². The molecule has 1 heterocycles. The molecule has 0 bridgehead atoms. The maximum Gasteiger partial charge on any atom is 0.347 e. The molecule has 0 radical (unpaired) electrons. The third-order valence-corrected chi connectivity index (χ3v) is 3.39. The Bertz CT molecular complexity index is 482. The summed E-state index contributed by atoms with van der Waals surface area (Å²) in [6.07, 6.45) is 1.84. The average Bonchev–Trinajstić information content (AvgIpc) is 2.70. The van der Waals surface area contributed by atoms with Gasteiger partial charge in [-0.25, -0.2) is 4.79 Å². The first-order valence-electron chi connectivity index (χ1n) is 5.61. The average molecular weight is 286 g/mol. The Morgan fingerprint density at radius 2 is 2.06 bits per heavy atom. The quantitative estimate of drug-likeness (QED) is 0.856. The zero-order chi connectivity index (χ0) is 13.1. The highest BCUT2D eigenvalue weighted by atomic mass is 35.5. The number of carbonyl (C=O) groups is 1. The van der Waals surface area contributed by atoms with Gasteiger partial charge in [0.1, 0.15) is 5.84 Å². The predicted octanol–water partition coefficient (Wildman–Crippen LogP) is 3.65. The van der Waals surface area contributed by atoms with Gasteiger partial charge in [-0.15, -0.1) is 0 Å². The van der Waals surface area contributed by atoms with Crippen LogP contribution in [-0.4, -0.2) is 30.4 Å². The van der Waals surface area contributed by atoms with Crippen LogP contribution >= 0.6 is 23.2 Å². The molecule has 1 N–H and O–H groups in total. The van der Waals surface area contributed by atoms with Crippen molar-refractivity contribution >= 4 is 40.8 Å². The van der Waals surface area contributed by atoms with Gasteiger partial charge in [-0.3, -0.25) is 0 Å².